The van der Waals surface area contributed by atoms with E-state index in [1.807, 2.05) is 0 Å². The van der Waals surface area contributed by atoms with E-state index in [0.29, 0.717) is 6.04 Å². The molecule has 0 radical (unpaired) electrons. The number of nitrogens with zero attached hydrogens (tertiary/aromatic N) is 3. The summed E-state index contributed by atoms with van der Waals surface area (Å²) < 4.78 is 0. The van der Waals surface area contributed by atoms with Crippen LogP contribution in [0.3, 0.4) is 0 Å². The Kier molecular flexibility index (Phi) is 5.12. The molecular weight excluding hydrogens is 320 g/mol. The zero-order chi connectivity index (χ0) is 18.1. The first kappa shape index (κ1) is 17.7. The molecule has 1 unspecified atom stereocenters. The van der Waals surface area contributed by atoms with Gasteiger partial charge in [0.15, 0.2) is 0 Å². The first-order chi connectivity index (χ1) is 12.6. The Labute approximate surface area is 157 Å². The molecular formula is C22H32N4. The van der Waals surface area contributed by atoms with Crippen LogP contribution < -0.4 is 10.2 Å². The summed E-state index contributed by atoms with van der Waals surface area (Å²) in [6.07, 6.45) is 7.31. The number of rotatable bonds is 5. The second-order valence-electron chi connectivity index (χ2n) is 8.28. The maximum absolute atomic E-state index is 4.94. The molecule has 1 fully saturated rings. The topological polar surface area (TPSA) is 41.0 Å². The Morgan fingerprint density at radius 2 is 1.88 bits per heavy atom. The summed E-state index contributed by atoms with van der Waals surface area (Å²) in [6, 6.07) is 5.29. The molecule has 1 saturated heterocycles. The Morgan fingerprint density at radius 1 is 1.15 bits per heavy atom. The minimum Gasteiger partial charge on any atom is -0.341 e. The van der Waals surface area contributed by atoms with Crippen LogP contribution in [-0.2, 0) is 12.8 Å². The number of benzene rings is 1. The van der Waals surface area contributed by atoms with Crippen molar-refractivity contribution in [3.05, 3.63) is 29.0 Å². The van der Waals surface area contributed by atoms with Gasteiger partial charge in [0, 0.05) is 24.5 Å². The quantitative estimate of drug-likeness (QED) is 0.882. The molecule has 2 heterocycles. The van der Waals surface area contributed by atoms with E-state index in [1.54, 1.807) is 0 Å². The van der Waals surface area contributed by atoms with Crippen LogP contribution in [0.5, 0.6) is 0 Å². The Balaban J connectivity index is 1.47. The van der Waals surface area contributed by atoms with Crippen LogP contribution in [0.4, 0.5) is 5.95 Å². The first-order valence-electron chi connectivity index (χ1n) is 10.4. The number of anilines is 1. The molecule has 0 saturated carbocycles. The van der Waals surface area contributed by atoms with Gasteiger partial charge in [0.1, 0.15) is 0 Å². The van der Waals surface area contributed by atoms with E-state index in [1.165, 1.54) is 55.0 Å². The summed E-state index contributed by atoms with van der Waals surface area (Å²) in [7, 11) is 0. The maximum Gasteiger partial charge on any atom is 0.226 e. The van der Waals surface area contributed by atoms with Gasteiger partial charge < -0.3 is 10.2 Å². The van der Waals surface area contributed by atoms with Crippen LogP contribution in [0.25, 0.3) is 10.9 Å². The predicted octanol–water partition coefficient (Wildman–Crippen LogP) is 4.03. The maximum atomic E-state index is 4.94. The van der Waals surface area contributed by atoms with Gasteiger partial charge in [-0.1, -0.05) is 20.3 Å². The average Bonchev–Trinajstić information content (AvgIpc) is 3.12. The highest BCUT2D eigenvalue weighted by Gasteiger charge is 2.22. The van der Waals surface area contributed by atoms with Crippen LogP contribution in [0.2, 0.25) is 0 Å². The Morgan fingerprint density at radius 3 is 2.62 bits per heavy atom. The van der Waals surface area contributed by atoms with Crippen molar-refractivity contribution in [1.29, 1.82) is 0 Å². The fourth-order valence-electron chi connectivity index (χ4n) is 4.27. The molecule has 140 valence electrons. The summed E-state index contributed by atoms with van der Waals surface area (Å²) in [5.41, 5.74) is 5.25. The molecule has 4 nitrogen and oxygen atoms in total. The van der Waals surface area contributed by atoms with Crippen LogP contribution in [0.1, 0.15) is 56.4 Å². The van der Waals surface area contributed by atoms with Crippen molar-refractivity contribution in [2.75, 3.05) is 24.5 Å². The fourth-order valence-corrected chi connectivity index (χ4v) is 4.27. The van der Waals surface area contributed by atoms with Crippen molar-refractivity contribution in [2.45, 2.75) is 65.3 Å². The number of fused-ring (bicyclic) bond motifs is 2. The van der Waals surface area contributed by atoms with Crippen molar-refractivity contribution >= 4 is 16.9 Å². The molecule has 1 atom stereocenters. The van der Waals surface area contributed by atoms with Gasteiger partial charge in [-0.2, -0.15) is 0 Å². The zero-order valence-electron chi connectivity index (χ0n) is 16.5. The third-order valence-electron chi connectivity index (χ3n) is 6.32. The number of aryl methyl sites for hydroxylation is 3. The van der Waals surface area contributed by atoms with E-state index in [0.717, 1.165) is 42.7 Å². The molecule has 26 heavy (non-hydrogen) atoms. The number of hydrogen-bond donors (Lipinski definition) is 1. The number of aromatic nitrogens is 2. The van der Waals surface area contributed by atoms with Gasteiger partial charge in [-0.25, -0.2) is 9.97 Å². The lowest BCUT2D eigenvalue weighted by atomic mass is 10.0. The van der Waals surface area contributed by atoms with E-state index in [2.05, 4.69) is 43.1 Å². The van der Waals surface area contributed by atoms with Gasteiger partial charge in [0.25, 0.3) is 0 Å². The van der Waals surface area contributed by atoms with Gasteiger partial charge in [-0.05, 0) is 74.8 Å². The summed E-state index contributed by atoms with van der Waals surface area (Å²) in [5, 5.41) is 4.98. The predicted molar refractivity (Wildman–Crippen MR) is 109 cm³/mol. The lowest BCUT2D eigenvalue weighted by molar-refractivity contribution is 0.379. The van der Waals surface area contributed by atoms with E-state index in [-0.39, 0.29) is 0 Å². The summed E-state index contributed by atoms with van der Waals surface area (Å²) in [5.74, 6) is 1.69. The third kappa shape index (κ3) is 3.57. The second kappa shape index (κ2) is 7.51. The third-order valence-corrected chi connectivity index (χ3v) is 6.32. The Bertz CT molecular complexity index is 777. The van der Waals surface area contributed by atoms with Crippen LogP contribution >= 0.6 is 0 Å². The van der Waals surface area contributed by atoms with Crippen molar-refractivity contribution in [3.8, 4) is 0 Å². The minimum absolute atomic E-state index is 0.644. The van der Waals surface area contributed by atoms with Gasteiger partial charge >= 0.3 is 0 Å². The van der Waals surface area contributed by atoms with E-state index < -0.39 is 0 Å². The van der Waals surface area contributed by atoms with Crippen LogP contribution in [0.15, 0.2) is 12.1 Å². The SMILES string of the molecule is CCC(C)CNC1CCN(c2nc(C)c3cc4c(cc3n2)CCC4)CC1. The lowest BCUT2D eigenvalue weighted by Gasteiger charge is -2.33. The van der Waals surface area contributed by atoms with Crippen molar-refractivity contribution in [2.24, 2.45) is 5.92 Å². The smallest absolute Gasteiger partial charge is 0.226 e. The van der Waals surface area contributed by atoms with Crippen molar-refractivity contribution < 1.29 is 0 Å². The molecule has 4 rings (SSSR count). The highest BCUT2D eigenvalue weighted by Crippen LogP contribution is 2.29. The van der Waals surface area contributed by atoms with Gasteiger partial charge in [0.2, 0.25) is 5.95 Å². The lowest BCUT2D eigenvalue weighted by Crippen LogP contribution is -2.44. The molecule has 1 aliphatic carbocycles. The molecule has 2 aliphatic rings. The van der Waals surface area contributed by atoms with Crippen LogP contribution in [0, 0.1) is 12.8 Å². The molecule has 2 aromatic rings. The molecule has 1 aromatic heterocycles. The summed E-state index contributed by atoms with van der Waals surface area (Å²) in [6.45, 7) is 9.96. The highest BCUT2D eigenvalue weighted by molar-refractivity contribution is 5.84. The minimum atomic E-state index is 0.644. The molecule has 0 spiro atoms. The van der Waals surface area contributed by atoms with Crippen molar-refractivity contribution in [1.82, 2.24) is 15.3 Å². The first-order valence-corrected chi connectivity index (χ1v) is 10.4. The second-order valence-corrected chi connectivity index (χ2v) is 8.28. The fraction of sp³-hybridized carbons (Fsp3) is 0.636. The molecule has 0 amide bonds. The van der Waals surface area contributed by atoms with E-state index in [4.69, 9.17) is 9.97 Å². The van der Waals surface area contributed by atoms with Gasteiger partial charge in [-0.3, -0.25) is 0 Å². The highest BCUT2D eigenvalue weighted by atomic mass is 15.3. The average molecular weight is 353 g/mol. The summed E-state index contributed by atoms with van der Waals surface area (Å²) >= 11 is 0. The molecule has 0 bridgehead atoms. The molecule has 1 aromatic carbocycles. The zero-order valence-corrected chi connectivity index (χ0v) is 16.5. The molecule has 1 N–H and O–H groups in total. The van der Waals surface area contributed by atoms with Crippen LogP contribution in [-0.4, -0.2) is 35.6 Å². The number of nitrogens with one attached hydrogen (secondary N) is 1. The molecule has 4 heteroatoms. The van der Waals surface area contributed by atoms with Gasteiger partial charge in [0.05, 0.1) is 11.2 Å². The normalized spacial score (nSPS) is 19.1. The summed E-state index contributed by atoms with van der Waals surface area (Å²) in [4.78, 5) is 12.2. The van der Waals surface area contributed by atoms with Gasteiger partial charge in [-0.15, -0.1) is 0 Å². The standard InChI is InChI=1S/C22H32N4/c1-4-15(2)14-23-19-8-10-26(11-9-19)22-24-16(3)20-12-17-6-5-7-18(17)13-21(20)25-22/h12-13,15,19,23H,4-11,14H2,1-3H3. The van der Waals surface area contributed by atoms with E-state index in [9.17, 15) is 0 Å². The van der Waals surface area contributed by atoms with E-state index >= 15 is 0 Å². The molecule has 1 aliphatic heterocycles. The largest absolute Gasteiger partial charge is 0.341 e. The Hall–Kier alpha value is -1.68. The van der Waals surface area contributed by atoms with Crippen molar-refractivity contribution in [3.63, 3.8) is 0 Å². The number of hydrogen-bond acceptors (Lipinski definition) is 4. The monoisotopic (exact) mass is 352 g/mol. The number of piperidine rings is 1.